The highest BCUT2D eigenvalue weighted by molar-refractivity contribution is 7.80. The van der Waals surface area contributed by atoms with Gasteiger partial charge < -0.3 is 14.8 Å². The highest BCUT2D eigenvalue weighted by Gasteiger charge is 2.48. The summed E-state index contributed by atoms with van der Waals surface area (Å²) in [6, 6.07) is 6.52. The zero-order valence-electron chi connectivity index (χ0n) is 39.2. The van der Waals surface area contributed by atoms with Crippen molar-refractivity contribution in [3.05, 3.63) is 29.3 Å². The molecule has 1 aromatic carbocycles. The van der Waals surface area contributed by atoms with E-state index in [9.17, 15) is 9.59 Å². The quantitative estimate of drug-likeness (QED) is 0.0782. The first kappa shape index (κ1) is 53.3. The van der Waals surface area contributed by atoms with E-state index in [0.29, 0.717) is 36.3 Å². The molecule has 3 aliphatic rings. The standard InChI is InChI=1S/C37H59NO4S.C8H18.2C3H8/c1-3-5-6-7-8-11-18-29-32-24-27-17-16-21-34(41-4-2)33(27)25-28(32)26-35(29)42-37(40)31-20-13-12-19-30(31)36(39)38-22-14-9-10-15-23-43;1-5-6-7-8(2,3)4;2*1-3-2/h16-17,21,28-32,35,43H,3-15,18-20,22-26H2,1-2H3,(H,38,39);5-7H2,1-4H3;2*3H2,1-2H3/t28-,29+,30?,31?,32-,35+;;;/m0.../s1. The summed E-state index contributed by atoms with van der Waals surface area (Å²) in [5, 5.41) is 3.15. The number of esters is 1. The van der Waals surface area contributed by atoms with Gasteiger partial charge >= 0.3 is 5.97 Å². The summed E-state index contributed by atoms with van der Waals surface area (Å²) in [5.41, 5.74) is 3.34. The molecule has 1 aromatic rings. The van der Waals surface area contributed by atoms with E-state index in [4.69, 9.17) is 9.47 Å². The smallest absolute Gasteiger partial charge is 0.310 e. The highest BCUT2D eigenvalue weighted by atomic mass is 32.1. The minimum absolute atomic E-state index is 0.0412. The van der Waals surface area contributed by atoms with Crippen molar-refractivity contribution in [1.29, 1.82) is 0 Å². The van der Waals surface area contributed by atoms with Gasteiger partial charge in [-0.15, -0.1) is 0 Å². The van der Waals surface area contributed by atoms with Gasteiger partial charge in [-0.2, -0.15) is 12.6 Å². The Morgan fingerprint density at radius 2 is 1.39 bits per heavy atom. The zero-order valence-corrected chi connectivity index (χ0v) is 40.1. The molecule has 0 aromatic heterocycles. The predicted octanol–water partition coefficient (Wildman–Crippen LogP) is 14.6. The molecule has 6 heteroatoms. The molecule has 0 saturated heterocycles. The summed E-state index contributed by atoms with van der Waals surface area (Å²) in [4.78, 5) is 27.1. The Morgan fingerprint density at radius 3 is 2.00 bits per heavy atom. The van der Waals surface area contributed by atoms with E-state index in [1.165, 1.54) is 81.8 Å². The lowest BCUT2D eigenvalue weighted by Gasteiger charge is -2.33. The third kappa shape index (κ3) is 21.4. The fourth-order valence-electron chi connectivity index (χ4n) is 8.97. The van der Waals surface area contributed by atoms with E-state index in [2.05, 4.69) is 105 Å². The molecule has 0 aliphatic heterocycles. The number of hydrogen-bond donors (Lipinski definition) is 2. The van der Waals surface area contributed by atoms with Gasteiger partial charge in [0.05, 0.1) is 18.4 Å². The summed E-state index contributed by atoms with van der Waals surface area (Å²) in [6.45, 7) is 23.3. The van der Waals surface area contributed by atoms with Crippen LogP contribution < -0.4 is 10.1 Å². The maximum Gasteiger partial charge on any atom is 0.310 e. The average molecular weight is 816 g/mol. The summed E-state index contributed by atoms with van der Waals surface area (Å²) >= 11 is 4.28. The number of ether oxygens (including phenoxy) is 2. The molecule has 2 fully saturated rings. The minimum atomic E-state index is -0.308. The van der Waals surface area contributed by atoms with Crippen molar-refractivity contribution < 1.29 is 19.1 Å². The molecule has 2 unspecified atom stereocenters. The zero-order chi connectivity index (χ0) is 42.5. The lowest BCUT2D eigenvalue weighted by Crippen LogP contribution is -2.42. The number of fused-ring (bicyclic) bond motifs is 2. The van der Waals surface area contributed by atoms with Gasteiger partial charge in [0.25, 0.3) is 0 Å². The summed E-state index contributed by atoms with van der Waals surface area (Å²) < 4.78 is 12.5. The molecule has 1 N–H and O–H groups in total. The second-order valence-corrected chi connectivity index (χ2v) is 19.0. The van der Waals surface area contributed by atoms with E-state index in [1.807, 2.05) is 0 Å². The van der Waals surface area contributed by atoms with E-state index in [1.54, 1.807) is 0 Å². The van der Waals surface area contributed by atoms with Crippen molar-refractivity contribution in [1.82, 2.24) is 5.32 Å². The van der Waals surface area contributed by atoms with Crippen molar-refractivity contribution in [2.75, 3.05) is 18.9 Å². The molecule has 4 rings (SSSR count). The number of nitrogens with one attached hydrogen (secondary N) is 1. The third-order valence-corrected chi connectivity index (χ3v) is 12.2. The van der Waals surface area contributed by atoms with Crippen LogP contribution >= 0.6 is 12.6 Å². The molecule has 2 saturated carbocycles. The number of benzene rings is 1. The summed E-state index contributed by atoms with van der Waals surface area (Å²) in [5.74, 6) is 2.80. The molecule has 332 valence electrons. The van der Waals surface area contributed by atoms with Gasteiger partial charge in [0.1, 0.15) is 11.9 Å². The van der Waals surface area contributed by atoms with Crippen LogP contribution in [0.4, 0.5) is 0 Å². The maximum atomic E-state index is 13.8. The normalized spacial score (nSPS) is 22.2. The van der Waals surface area contributed by atoms with Crippen LogP contribution in [0.2, 0.25) is 0 Å². The largest absolute Gasteiger partial charge is 0.494 e. The first-order chi connectivity index (χ1) is 27.5. The second-order valence-electron chi connectivity index (χ2n) is 18.6. The lowest BCUT2D eigenvalue weighted by molar-refractivity contribution is -0.162. The molecule has 0 radical (unpaired) electrons. The predicted molar refractivity (Wildman–Crippen MR) is 250 cm³/mol. The SMILES string of the molecule is CCC.CCC.CCCCC(C)(C)C.CCCCCCCC[C@@H]1[C@H]2Cc3cccc(OCC)c3C[C@H]2C[C@H]1OC(=O)C1CCCCC1C(=O)NCCCCCCS. The van der Waals surface area contributed by atoms with Crippen LogP contribution in [0, 0.1) is 35.0 Å². The number of rotatable bonds is 20. The molecule has 0 heterocycles. The van der Waals surface area contributed by atoms with Gasteiger partial charge in [-0.3, -0.25) is 9.59 Å². The number of unbranched alkanes of at least 4 members (excludes halogenated alkanes) is 9. The van der Waals surface area contributed by atoms with Gasteiger partial charge in [-0.05, 0) is 111 Å². The topological polar surface area (TPSA) is 64.6 Å². The lowest BCUT2D eigenvalue weighted by atomic mass is 9.73. The van der Waals surface area contributed by atoms with E-state index in [0.717, 1.165) is 88.6 Å². The van der Waals surface area contributed by atoms with E-state index < -0.39 is 0 Å². The second kappa shape index (κ2) is 32.1. The van der Waals surface area contributed by atoms with Gasteiger partial charge in [-0.1, -0.05) is 164 Å². The monoisotopic (exact) mass is 816 g/mol. The Kier molecular flexibility index (Phi) is 30.1. The minimum Gasteiger partial charge on any atom is -0.494 e. The van der Waals surface area contributed by atoms with Gasteiger partial charge in [0.15, 0.2) is 0 Å². The van der Waals surface area contributed by atoms with Crippen molar-refractivity contribution in [3.8, 4) is 5.75 Å². The number of thiol groups is 1. The molecule has 57 heavy (non-hydrogen) atoms. The van der Waals surface area contributed by atoms with Crippen molar-refractivity contribution in [2.45, 2.75) is 223 Å². The number of carbonyl (C=O) groups excluding carboxylic acids is 2. The van der Waals surface area contributed by atoms with Gasteiger partial charge in [0.2, 0.25) is 5.91 Å². The van der Waals surface area contributed by atoms with Crippen LogP contribution in [0.5, 0.6) is 5.75 Å². The van der Waals surface area contributed by atoms with E-state index >= 15 is 0 Å². The summed E-state index contributed by atoms with van der Waals surface area (Å²) in [7, 11) is 0. The first-order valence-electron chi connectivity index (χ1n) is 24.3. The van der Waals surface area contributed by atoms with E-state index in [-0.39, 0.29) is 29.8 Å². The molecule has 0 spiro atoms. The maximum absolute atomic E-state index is 13.8. The molecule has 0 bridgehead atoms. The van der Waals surface area contributed by atoms with Crippen molar-refractivity contribution in [3.63, 3.8) is 0 Å². The molecular weight excluding hydrogens is 723 g/mol. The van der Waals surface area contributed by atoms with Gasteiger partial charge in [0, 0.05) is 6.54 Å². The number of amides is 1. The molecule has 1 amide bonds. The van der Waals surface area contributed by atoms with Crippen molar-refractivity contribution >= 4 is 24.5 Å². The fraction of sp³-hybridized carbons (Fsp3) is 0.843. The van der Waals surface area contributed by atoms with Crippen LogP contribution in [0.1, 0.15) is 215 Å². The third-order valence-electron chi connectivity index (χ3n) is 11.8. The molecule has 5 nitrogen and oxygen atoms in total. The molecular formula is C51H93NO4S. The molecule has 3 aliphatic carbocycles. The van der Waals surface area contributed by atoms with Crippen LogP contribution in [0.25, 0.3) is 0 Å². The Labute approximate surface area is 359 Å². The highest BCUT2D eigenvalue weighted by Crippen LogP contribution is 2.50. The Bertz CT molecular complexity index is 1160. The Hall–Kier alpha value is -1.69. The number of carbonyl (C=O) groups is 2. The Morgan fingerprint density at radius 1 is 0.772 bits per heavy atom. The van der Waals surface area contributed by atoms with Gasteiger partial charge in [-0.25, -0.2) is 0 Å². The van der Waals surface area contributed by atoms with Crippen LogP contribution in [0.15, 0.2) is 18.2 Å². The van der Waals surface area contributed by atoms with Crippen LogP contribution in [0.3, 0.4) is 0 Å². The Balaban J connectivity index is 0.000000998. The first-order valence-corrected chi connectivity index (χ1v) is 24.9. The summed E-state index contributed by atoms with van der Waals surface area (Å²) in [6.07, 6.45) is 26.3. The van der Waals surface area contributed by atoms with Crippen LogP contribution in [-0.2, 0) is 27.2 Å². The fourth-order valence-corrected chi connectivity index (χ4v) is 9.19. The molecule has 6 atom stereocenters. The van der Waals surface area contributed by atoms with Crippen molar-refractivity contribution in [2.24, 2.45) is 35.0 Å². The number of hydrogen-bond acceptors (Lipinski definition) is 5. The van der Waals surface area contributed by atoms with Crippen LogP contribution in [-0.4, -0.2) is 36.9 Å². The average Bonchev–Trinajstić information content (AvgIpc) is 3.51.